The first-order chi connectivity index (χ1) is 26.0. The highest BCUT2D eigenvalue weighted by atomic mass is 16.7. The quantitative estimate of drug-likeness (QED) is 0.137. The molecule has 6 fully saturated rings. The number of allylic oxidation sites excluding steroid dienone is 2. The molecular weight excluding hydrogens is 728 g/mol. The zero-order valence-electron chi connectivity index (χ0n) is 34.0. The molecule has 14 nitrogen and oxygen atoms in total. The third-order valence-electron chi connectivity index (χ3n) is 17.4. The van der Waals surface area contributed by atoms with Crippen molar-refractivity contribution in [3.05, 3.63) is 11.6 Å². The van der Waals surface area contributed by atoms with Crippen LogP contribution in [-0.4, -0.2) is 127 Å². The Hall–Kier alpha value is -1.72. The van der Waals surface area contributed by atoms with E-state index in [1.165, 1.54) is 12.5 Å². The first-order valence-electron chi connectivity index (χ1n) is 20.8. The molecule has 0 aromatic heterocycles. The van der Waals surface area contributed by atoms with Gasteiger partial charge in [0.2, 0.25) is 0 Å². The Bertz CT molecular complexity index is 1570. The molecule has 0 bridgehead atoms. The van der Waals surface area contributed by atoms with Crippen LogP contribution in [0.2, 0.25) is 0 Å². The number of hydrogen-bond acceptors (Lipinski definition) is 12. The number of fused-ring (bicyclic) bond motifs is 7. The van der Waals surface area contributed by atoms with E-state index in [4.69, 9.17) is 18.9 Å². The van der Waals surface area contributed by atoms with Crippen molar-refractivity contribution in [2.45, 2.75) is 180 Å². The van der Waals surface area contributed by atoms with Gasteiger partial charge in [0.05, 0.1) is 17.6 Å². The van der Waals surface area contributed by atoms with Crippen LogP contribution in [0.5, 0.6) is 0 Å². The molecular formula is C42H66O14. The first kappa shape index (κ1) is 42.4. The maximum Gasteiger partial charge on any atom is 0.335 e. The fourth-order valence-electron chi connectivity index (χ4n) is 13.6. The normalized spacial score (nSPS) is 54.1. The number of carbonyl (C=O) groups is 2. The maximum atomic E-state index is 13.1. The molecule has 2 aliphatic heterocycles. The second-order valence-corrected chi connectivity index (χ2v) is 20.5. The molecule has 2 heterocycles. The molecule has 1 unspecified atom stereocenters. The number of rotatable bonds is 7. The Morgan fingerprint density at radius 1 is 0.768 bits per heavy atom. The monoisotopic (exact) mass is 794 g/mol. The molecule has 19 atom stereocenters. The van der Waals surface area contributed by atoms with Gasteiger partial charge in [0, 0.05) is 6.61 Å². The van der Waals surface area contributed by atoms with Crippen molar-refractivity contribution in [1.82, 2.24) is 0 Å². The molecule has 318 valence electrons. The van der Waals surface area contributed by atoms with Crippen molar-refractivity contribution in [3.63, 3.8) is 0 Å². The van der Waals surface area contributed by atoms with Crippen LogP contribution in [0, 0.1) is 50.2 Å². The van der Waals surface area contributed by atoms with Crippen molar-refractivity contribution < 1.29 is 69.4 Å². The molecule has 4 saturated carbocycles. The second-order valence-electron chi connectivity index (χ2n) is 20.5. The predicted molar refractivity (Wildman–Crippen MR) is 198 cm³/mol. The largest absolute Gasteiger partial charge is 0.481 e. The lowest BCUT2D eigenvalue weighted by molar-refractivity contribution is -0.363. The summed E-state index contributed by atoms with van der Waals surface area (Å²) in [6.45, 7) is 15.1. The lowest BCUT2D eigenvalue weighted by Gasteiger charge is -2.71. The van der Waals surface area contributed by atoms with Gasteiger partial charge in [-0.05, 0) is 116 Å². The molecule has 7 rings (SSSR count). The number of carboxylic acids is 2. The van der Waals surface area contributed by atoms with Crippen LogP contribution >= 0.6 is 0 Å². The molecule has 5 aliphatic carbocycles. The molecule has 7 aliphatic rings. The topological polar surface area (TPSA) is 233 Å². The van der Waals surface area contributed by atoms with E-state index in [1.807, 2.05) is 0 Å². The average Bonchev–Trinajstić information content (AvgIpc) is 3.13. The smallest absolute Gasteiger partial charge is 0.335 e. The Balaban J connectivity index is 1.13. The van der Waals surface area contributed by atoms with Crippen LogP contribution in [-0.2, 0) is 28.5 Å². The van der Waals surface area contributed by atoms with Gasteiger partial charge in [0.15, 0.2) is 18.7 Å². The van der Waals surface area contributed by atoms with Gasteiger partial charge in [0.25, 0.3) is 0 Å². The zero-order chi connectivity index (χ0) is 41.1. The molecule has 0 amide bonds. The second kappa shape index (κ2) is 14.2. The van der Waals surface area contributed by atoms with E-state index < -0.39 is 90.3 Å². The number of carboxylic acid groups (broad SMARTS) is 2. The summed E-state index contributed by atoms with van der Waals surface area (Å²) >= 11 is 0. The maximum absolute atomic E-state index is 13.1. The SMILES string of the molecule is C[C@@H]1O[C@@H](O[C@@H]2[C@@H](O)[C@H](OC3CC[C@]4(C)[C@H]5CC=C6[C@@H]7C[C@](C)(CO)CC[C@]7(C(=O)O)CC[C@@]6(C)[C@]5(C)CC[C@H]4C3(C)C)O[C@H](C(=O)O)[C@H]2O)[C@H](O)[C@H](O)[C@H]1O. The number of aliphatic hydroxyl groups is 6. The van der Waals surface area contributed by atoms with E-state index in [0.29, 0.717) is 38.0 Å². The lowest BCUT2D eigenvalue weighted by atomic mass is 9.33. The summed E-state index contributed by atoms with van der Waals surface area (Å²) in [5, 5.41) is 84.8. The number of hydrogen-bond donors (Lipinski definition) is 8. The summed E-state index contributed by atoms with van der Waals surface area (Å²) in [6.07, 6.45) is -6.62. The van der Waals surface area contributed by atoms with Crippen LogP contribution in [0.15, 0.2) is 11.6 Å². The van der Waals surface area contributed by atoms with Gasteiger partial charge in [-0.1, -0.05) is 53.2 Å². The third kappa shape index (κ3) is 6.09. The van der Waals surface area contributed by atoms with Crippen molar-refractivity contribution >= 4 is 11.9 Å². The van der Waals surface area contributed by atoms with Crippen LogP contribution < -0.4 is 0 Å². The molecule has 0 spiro atoms. The average molecular weight is 795 g/mol. The summed E-state index contributed by atoms with van der Waals surface area (Å²) in [5.74, 6) is -1.86. The minimum absolute atomic E-state index is 0.0434. The van der Waals surface area contributed by atoms with Gasteiger partial charge in [-0.15, -0.1) is 0 Å². The van der Waals surface area contributed by atoms with Gasteiger partial charge in [-0.25, -0.2) is 4.79 Å². The van der Waals surface area contributed by atoms with Crippen molar-refractivity contribution in [1.29, 1.82) is 0 Å². The molecule has 2 saturated heterocycles. The van der Waals surface area contributed by atoms with Crippen molar-refractivity contribution in [2.24, 2.45) is 50.2 Å². The molecule has 0 radical (unpaired) electrons. The highest BCUT2D eigenvalue weighted by Gasteiger charge is 2.70. The van der Waals surface area contributed by atoms with E-state index in [2.05, 4.69) is 47.6 Å². The molecule has 0 aromatic carbocycles. The molecule has 56 heavy (non-hydrogen) atoms. The zero-order valence-corrected chi connectivity index (χ0v) is 34.0. The van der Waals surface area contributed by atoms with Crippen LogP contribution in [0.25, 0.3) is 0 Å². The van der Waals surface area contributed by atoms with E-state index in [9.17, 15) is 50.4 Å². The molecule has 8 N–H and O–H groups in total. The van der Waals surface area contributed by atoms with E-state index in [-0.39, 0.29) is 40.1 Å². The fourth-order valence-corrected chi connectivity index (χ4v) is 13.6. The van der Waals surface area contributed by atoms with Gasteiger partial charge in [-0.3, -0.25) is 4.79 Å². The molecule has 14 heteroatoms. The Morgan fingerprint density at radius 2 is 1.43 bits per heavy atom. The van der Waals surface area contributed by atoms with Gasteiger partial charge in [-0.2, -0.15) is 0 Å². The van der Waals surface area contributed by atoms with E-state index in [1.54, 1.807) is 0 Å². The van der Waals surface area contributed by atoms with Gasteiger partial charge >= 0.3 is 11.9 Å². The van der Waals surface area contributed by atoms with Gasteiger partial charge in [0.1, 0.15) is 36.6 Å². The van der Waals surface area contributed by atoms with Crippen LogP contribution in [0.3, 0.4) is 0 Å². The minimum atomic E-state index is -1.88. The summed E-state index contributed by atoms with van der Waals surface area (Å²) in [6, 6.07) is 0. The van der Waals surface area contributed by atoms with Crippen molar-refractivity contribution in [3.8, 4) is 0 Å². The fraction of sp³-hybridized carbons (Fsp3) is 0.905. The highest BCUT2D eigenvalue weighted by Crippen LogP contribution is 2.76. The third-order valence-corrected chi connectivity index (χ3v) is 17.4. The minimum Gasteiger partial charge on any atom is -0.481 e. The number of aliphatic hydroxyl groups excluding tert-OH is 6. The summed E-state index contributed by atoms with van der Waals surface area (Å²) in [5.41, 5.74) is -0.738. The summed E-state index contributed by atoms with van der Waals surface area (Å²) in [4.78, 5) is 25.4. The Morgan fingerprint density at radius 3 is 2.07 bits per heavy atom. The standard InChI is InChI=1S/C42H66O14/c1-20-26(44)27(45)28(46)34(53-20)55-31-29(47)32(33(49)50)56-35(30(31)48)54-25-11-12-39(5)23(37(25,2)3)10-13-41(7)24(39)9-8-21-22-18-38(4,19-43)14-16-42(22,36(51)52)17-15-40(21,41)6/h8,20,22-32,34-35,43-48H,9-19H2,1-7H3,(H,49,50)(H,51,52)/t20-,22-,23-,24+,25?,26-,27+,28+,29-,30+,31-,32-,34-,35+,38+,39-,40+,41+,42-/m0/s1. The lowest BCUT2D eigenvalue weighted by Crippen LogP contribution is -2.67. The van der Waals surface area contributed by atoms with Crippen LogP contribution in [0.1, 0.15) is 113 Å². The van der Waals surface area contributed by atoms with Crippen LogP contribution in [0.4, 0.5) is 0 Å². The summed E-state index contributed by atoms with van der Waals surface area (Å²) < 4.78 is 23.6. The van der Waals surface area contributed by atoms with E-state index >= 15 is 0 Å². The summed E-state index contributed by atoms with van der Waals surface area (Å²) in [7, 11) is 0. The number of aliphatic carboxylic acids is 2. The van der Waals surface area contributed by atoms with E-state index in [0.717, 1.165) is 32.1 Å². The highest BCUT2D eigenvalue weighted by molar-refractivity contribution is 5.76. The van der Waals surface area contributed by atoms with Gasteiger partial charge < -0.3 is 59.8 Å². The van der Waals surface area contributed by atoms with Crippen molar-refractivity contribution in [2.75, 3.05) is 6.61 Å². The first-order valence-corrected chi connectivity index (χ1v) is 20.8. The Kier molecular flexibility index (Phi) is 10.8. The Labute approximate surface area is 329 Å². The number of ether oxygens (including phenoxy) is 4. The predicted octanol–water partition coefficient (Wildman–Crippen LogP) is 2.97. The molecule has 0 aromatic rings.